The van der Waals surface area contributed by atoms with Crippen LogP contribution in [0.25, 0.3) is 0 Å². The molecule has 2 amide bonds. The molecule has 1 unspecified atom stereocenters. The van der Waals surface area contributed by atoms with E-state index in [-0.39, 0.29) is 6.61 Å². The van der Waals surface area contributed by atoms with Crippen molar-refractivity contribution < 1.29 is 28.5 Å². The lowest BCUT2D eigenvalue weighted by atomic mass is 9.93. The van der Waals surface area contributed by atoms with Crippen LogP contribution in [0.1, 0.15) is 31.9 Å². The van der Waals surface area contributed by atoms with E-state index in [1.165, 1.54) is 21.3 Å². The molecule has 8 heteroatoms. The van der Waals surface area contributed by atoms with Gasteiger partial charge < -0.3 is 29.6 Å². The summed E-state index contributed by atoms with van der Waals surface area (Å²) < 4.78 is 21.2. The van der Waals surface area contributed by atoms with Crippen LogP contribution in [0.3, 0.4) is 0 Å². The van der Waals surface area contributed by atoms with E-state index in [4.69, 9.17) is 18.9 Å². The quantitative estimate of drug-likeness (QED) is 0.721. The number of urea groups is 1. The Morgan fingerprint density at radius 1 is 1.08 bits per heavy atom. The Morgan fingerprint density at radius 2 is 1.69 bits per heavy atom. The van der Waals surface area contributed by atoms with Crippen LogP contribution in [0.4, 0.5) is 4.79 Å². The molecule has 0 aromatic heterocycles. The Morgan fingerprint density at radius 3 is 2.15 bits per heavy atom. The molecule has 26 heavy (non-hydrogen) atoms. The first-order chi connectivity index (χ1) is 12.5. The van der Waals surface area contributed by atoms with E-state index in [1.54, 1.807) is 19.1 Å². The summed E-state index contributed by atoms with van der Waals surface area (Å²) in [5, 5.41) is 5.44. The maximum Gasteiger partial charge on any atom is 0.338 e. The van der Waals surface area contributed by atoms with Gasteiger partial charge in [0.15, 0.2) is 11.5 Å². The highest BCUT2D eigenvalue weighted by Gasteiger charge is 2.34. The first-order valence-corrected chi connectivity index (χ1v) is 8.28. The van der Waals surface area contributed by atoms with Gasteiger partial charge in [-0.1, -0.05) is 6.92 Å². The Balaban J connectivity index is 2.62. The number of carbonyl (C=O) groups excluding carboxylic acids is 2. The normalized spacial score (nSPS) is 16.5. The molecule has 0 spiro atoms. The Hall–Kier alpha value is -2.90. The van der Waals surface area contributed by atoms with Gasteiger partial charge in [-0.2, -0.15) is 0 Å². The fraction of sp³-hybridized carbons (Fsp3) is 0.444. The molecule has 1 aliphatic heterocycles. The summed E-state index contributed by atoms with van der Waals surface area (Å²) in [6.07, 6.45) is 0.475. The van der Waals surface area contributed by atoms with Crippen molar-refractivity contribution in [3.05, 3.63) is 29.0 Å². The van der Waals surface area contributed by atoms with Gasteiger partial charge in [-0.3, -0.25) is 0 Å². The minimum Gasteiger partial charge on any atom is -0.493 e. The second-order valence-electron chi connectivity index (χ2n) is 5.46. The molecule has 8 nitrogen and oxygen atoms in total. The second-order valence-corrected chi connectivity index (χ2v) is 5.46. The molecule has 0 fully saturated rings. The largest absolute Gasteiger partial charge is 0.493 e. The number of amides is 2. The van der Waals surface area contributed by atoms with Gasteiger partial charge in [0.2, 0.25) is 5.75 Å². The molecule has 1 heterocycles. The lowest BCUT2D eigenvalue weighted by Gasteiger charge is -2.29. The van der Waals surface area contributed by atoms with Crippen LogP contribution in [0.2, 0.25) is 0 Å². The van der Waals surface area contributed by atoms with E-state index >= 15 is 0 Å². The smallest absolute Gasteiger partial charge is 0.338 e. The van der Waals surface area contributed by atoms with Crippen LogP contribution in [0.5, 0.6) is 17.2 Å². The lowest BCUT2D eigenvalue weighted by Crippen LogP contribution is -2.45. The summed E-state index contributed by atoms with van der Waals surface area (Å²) >= 11 is 0. The van der Waals surface area contributed by atoms with E-state index in [2.05, 4.69) is 10.6 Å². The van der Waals surface area contributed by atoms with Gasteiger partial charge in [0.05, 0.1) is 39.6 Å². The number of nitrogens with one attached hydrogen (secondary N) is 2. The highest BCUT2D eigenvalue weighted by atomic mass is 16.5. The standard InChI is InChI=1S/C18H24N2O6/c1-6-11-14(17(21)26-7-2)15(20-18(22)19-11)10-8-12(23-3)16(25-5)13(9-10)24-4/h8-9,15H,6-7H2,1-5H3,(H2,19,20,22). The number of carbonyl (C=O) groups is 2. The van der Waals surface area contributed by atoms with Crippen LogP contribution in [-0.4, -0.2) is 39.9 Å². The summed E-state index contributed by atoms with van der Waals surface area (Å²) in [5.74, 6) is 0.791. The molecule has 0 saturated heterocycles. The number of hydrogen-bond donors (Lipinski definition) is 2. The molecule has 1 atom stereocenters. The lowest BCUT2D eigenvalue weighted by molar-refractivity contribution is -0.139. The molecule has 2 N–H and O–H groups in total. The topological polar surface area (TPSA) is 95.1 Å². The molecule has 142 valence electrons. The number of hydrogen-bond acceptors (Lipinski definition) is 6. The highest BCUT2D eigenvalue weighted by molar-refractivity contribution is 5.95. The van der Waals surface area contributed by atoms with Crippen molar-refractivity contribution >= 4 is 12.0 Å². The number of benzene rings is 1. The molecular formula is C18H24N2O6. The first kappa shape index (κ1) is 19.4. The molecule has 0 radical (unpaired) electrons. The predicted octanol–water partition coefficient (Wildman–Crippen LogP) is 2.29. The zero-order valence-electron chi connectivity index (χ0n) is 15.6. The van der Waals surface area contributed by atoms with Gasteiger partial charge in [-0.15, -0.1) is 0 Å². The molecule has 1 aromatic rings. The monoisotopic (exact) mass is 364 g/mol. The van der Waals surface area contributed by atoms with Gasteiger partial charge >= 0.3 is 12.0 Å². The van der Waals surface area contributed by atoms with Crippen LogP contribution in [0, 0.1) is 0 Å². The van der Waals surface area contributed by atoms with Crippen LogP contribution < -0.4 is 24.8 Å². The molecule has 1 aliphatic rings. The predicted molar refractivity (Wildman–Crippen MR) is 94.5 cm³/mol. The average molecular weight is 364 g/mol. The van der Waals surface area contributed by atoms with Crippen LogP contribution >= 0.6 is 0 Å². The van der Waals surface area contributed by atoms with E-state index in [1.807, 2.05) is 6.92 Å². The van der Waals surface area contributed by atoms with E-state index < -0.39 is 18.0 Å². The van der Waals surface area contributed by atoms with E-state index in [0.717, 1.165) is 0 Å². The highest BCUT2D eigenvalue weighted by Crippen LogP contribution is 2.41. The summed E-state index contributed by atoms with van der Waals surface area (Å²) in [6.45, 7) is 3.81. The van der Waals surface area contributed by atoms with Crippen molar-refractivity contribution in [3.63, 3.8) is 0 Å². The minimum atomic E-state index is -0.702. The van der Waals surface area contributed by atoms with Gasteiger partial charge in [0.25, 0.3) is 0 Å². The number of rotatable bonds is 7. The maximum atomic E-state index is 12.5. The Labute approximate surface area is 152 Å². The third-order valence-corrected chi connectivity index (χ3v) is 4.02. The zero-order chi connectivity index (χ0) is 19.3. The molecule has 0 bridgehead atoms. The van der Waals surface area contributed by atoms with Crippen LogP contribution in [0.15, 0.2) is 23.4 Å². The molecule has 0 saturated carbocycles. The zero-order valence-corrected chi connectivity index (χ0v) is 15.6. The molecule has 0 aliphatic carbocycles. The van der Waals surface area contributed by atoms with Crippen molar-refractivity contribution in [1.82, 2.24) is 10.6 Å². The fourth-order valence-electron chi connectivity index (χ4n) is 2.86. The van der Waals surface area contributed by atoms with Crippen LogP contribution in [-0.2, 0) is 9.53 Å². The van der Waals surface area contributed by atoms with Gasteiger partial charge in [0.1, 0.15) is 0 Å². The number of ether oxygens (including phenoxy) is 4. The van der Waals surface area contributed by atoms with Crippen molar-refractivity contribution in [2.45, 2.75) is 26.3 Å². The van der Waals surface area contributed by atoms with E-state index in [9.17, 15) is 9.59 Å². The molecule has 1 aromatic carbocycles. The van der Waals surface area contributed by atoms with Crippen molar-refractivity contribution in [2.75, 3.05) is 27.9 Å². The molecule has 2 rings (SSSR count). The number of allylic oxidation sites excluding steroid dienone is 1. The Kier molecular flexibility index (Phi) is 6.32. The van der Waals surface area contributed by atoms with Gasteiger partial charge in [-0.05, 0) is 31.0 Å². The third-order valence-electron chi connectivity index (χ3n) is 4.02. The first-order valence-electron chi connectivity index (χ1n) is 8.28. The van der Waals surface area contributed by atoms with Crippen molar-refractivity contribution in [1.29, 1.82) is 0 Å². The summed E-state index contributed by atoms with van der Waals surface area (Å²) in [4.78, 5) is 24.6. The average Bonchev–Trinajstić information content (AvgIpc) is 2.65. The SMILES string of the molecule is CCOC(=O)C1=C(CC)NC(=O)NC1c1cc(OC)c(OC)c(OC)c1. The second kappa shape index (κ2) is 8.46. The van der Waals surface area contributed by atoms with Gasteiger partial charge in [0, 0.05) is 5.70 Å². The third kappa shape index (κ3) is 3.68. The van der Waals surface area contributed by atoms with Crippen molar-refractivity contribution in [2.24, 2.45) is 0 Å². The maximum absolute atomic E-state index is 12.5. The summed E-state index contributed by atoms with van der Waals surface area (Å²) in [6, 6.07) is 2.30. The summed E-state index contributed by atoms with van der Waals surface area (Å²) in [7, 11) is 4.51. The minimum absolute atomic E-state index is 0.231. The van der Waals surface area contributed by atoms with Gasteiger partial charge in [-0.25, -0.2) is 9.59 Å². The van der Waals surface area contributed by atoms with Crippen molar-refractivity contribution in [3.8, 4) is 17.2 Å². The number of esters is 1. The fourth-order valence-corrected chi connectivity index (χ4v) is 2.86. The summed E-state index contributed by atoms with van der Waals surface area (Å²) in [5.41, 5.74) is 1.48. The Bertz CT molecular complexity index is 703. The molecular weight excluding hydrogens is 340 g/mol. The number of methoxy groups -OCH3 is 3. The van der Waals surface area contributed by atoms with E-state index in [0.29, 0.717) is 40.5 Å².